The summed E-state index contributed by atoms with van der Waals surface area (Å²) in [6, 6.07) is 73.6. The first-order valence-corrected chi connectivity index (χ1v) is 24.8. The lowest BCUT2D eigenvalue weighted by atomic mass is 9.85. The molecule has 4 heterocycles. The lowest BCUT2D eigenvalue weighted by Crippen LogP contribution is -2.25. The highest BCUT2D eigenvalue weighted by molar-refractivity contribution is 6.10. The summed E-state index contributed by atoms with van der Waals surface area (Å²) in [5.74, 6) is 2.69. The molecule has 0 N–H and O–H groups in total. The summed E-state index contributed by atoms with van der Waals surface area (Å²) in [6.45, 7) is 14.1. The Hall–Kier alpha value is -8.68. The zero-order valence-corrected chi connectivity index (χ0v) is 41.5. The third-order valence-corrected chi connectivity index (χ3v) is 14.0. The van der Waals surface area contributed by atoms with Crippen molar-refractivity contribution in [3.05, 3.63) is 224 Å². The number of nitrogens with zero attached hydrogens (tertiary/aromatic N) is 7. The van der Waals surface area contributed by atoms with Gasteiger partial charge in [-0.15, -0.1) is 0 Å². The van der Waals surface area contributed by atoms with Crippen LogP contribution in [-0.2, 0) is 10.8 Å². The van der Waals surface area contributed by atoms with Gasteiger partial charge in [-0.25, -0.2) is 19.9 Å². The Kier molecular flexibility index (Phi) is 10.9. The Bertz CT molecular complexity index is 3750. The highest BCUT2D eigenvalue weighted by Crippen LogP contribution is 2.51. The molecule has 1 aliphatic heterocycles. The SMILES string of the molecule is CC(C)(C)c1cc(-c2nc(-c3ccccc3)nc(-c3ccc4c5ccccc5n(-c5cc(C(C)(C)C)ccn5)c4c3)n2)cc(N2CN(c3c(-c4ccccc4)cccc3-c3ccccc3)c3ccccc32)c1. The van der Waals surface area contributed by atoms with Crippen molar-refractivity contribution in [3.8, 4) is 62.2 Å². The molecular weight excluding hydrogens is 879 g/mol. The van der Waals surface area contributed by atoms with Crippen molar-refractivity contribution in [3.63, 3.8) is 0 Å². The van der Waals surface area contributed by atoms with Crippen LogP contribution in [0, 0.1) is 0 Å². The maximum Gasteiger partial charge on any atom is 0.164 e. The van der Waals surface area contributed by atoms with E-state index in [1.165, 1.54) is 39.1 Å². The van der Waals surface area contributed by atoms with Gasteiger partial charge in [0.15, 0.2) is 17.5 Å². The Labute approximate surface area is 421 Å². The molecule has 3 aromatic heterocycles. The molecule has 0 fully saturated rings. The fraction of sp³-hybridized carbons (Fsp3) is 0.138. The predicted molar refractivity (Wildman–Crippen MR) is 299 cm³/mol. The summed E-state index contributed by atoms with van der Waals surface area (Å²) in [4.78, 5) is 25.9. The number of rotatable bonds is 8. The minimum atomic E-state index is -0.195. The van der Waals surface area contributed by atoms with Gasteiger partial charge in [0.05, 0.1) is 28.1 Å². The number of hydrogen-bond acceptors (Lipinski definition) is 6. The van der Waals surface area contributed by atoms with Crippen LogP contribution in [0.3, 0.4) is 0 Å². The first-order chi connectivity index (χ1) is 35.0. The van der Waals surface area contributed by atoms with E-state index >= 15 is 0 Å². The third-order valence-electron chi connectivity index (χ3n) is 14.0. The molecule has 72 heavy (non-hydrogen) atoms. The van der Waals surface area contributed by atoms with Crippen LogP contribution in [0.1, 0.15) is 52.7 Å². The number of benzene rings is 8. The van der Waals surface area contributed by atoms with Crippen LogP contribution in [0.2, 0.25) is 0 Å². The fourth-order valence-corrected chi connectivity index (χ4v) is 10.2. The van der Waals surface area contributed by atoms with E-state index in [9.17, 15) is 0 Å². The third kappa shape index (κ3) is 8.07. The molecule has 1 aliphatic rings. The molecule has 350 valence electrons. The summed E-state index contributed by atoms with van der Waals surface area (Å²) < 4.78 is 2.28. The molecule has 0 saturated heterocycles. The second-order valence-electron chi connectivity index (χ2n) is 20.8. The second kappa shape index (κ2) is 17.6. The molecular formula is C65H55N7. The van der Waals surface area contributed by atoms with Crippen LogP contribution in [0.15, 0.2) is 212 Å². The quantitative estimate of drug-likeness (QED) is 0.151. The van der Waals surface area contributed by atoms with E-state index in [2.05, 4.69) is 244 Å². The first kappa shape index (κ1) is 44.5. The summed E-state index contributed by atoms with van der Waals surface area (Å²) in [6.07, 6.45) is 1.93. The van der Waals surface area contributed by atoms with E-state index in [-0.39, 0.29) is 10.8 Å². The van der Waals surface area contributed by atoms with Crippen LogP contribution in [0.4, 0.5) is 22.7 Å². The molecule has 0 radical (unpaired) electrons. The van der Waals surface area contributed by atoms with E-state index in [4.69, 9.17) is 19.9 Å². The number of para-hydroxylation sites is 4. The predicted octanol–water partition coefficient (Wildman–Crippen LogP) is 16.5. The van der Waals surface area contributed by atoms with Gasteiger partial charge in [0.1, 0.15) is 12.5 Å². The molecule has 0 bridgehead atoms. The van der Waals surface area contributed by atoms with E-state index < -0.39 is 0 Å². The van der Waals surface area contributed by atoms with Crippen molar-refractivity contribution in [2.24, 2.45) is 0 Å². The Balaban J connectivity index is 1.03. The van der Waals surface area contributed by atoms with Gasteiger partial charge in [-0.05, 0) is 87.7 Å². The molecule has 8 aromatic carbocycles. The van der Waals surface area contributed by atoms with Crippen LogP contribution < -0.4 is 9.80 Å². The smallest absolute Gasteiger partial charge is 0.164 e. The minimum Gasteiger partial charge on any atom is -0.321 e. The molecule has 0 atom stereocenters. The monoisotopic (exact) mass is 933 g/mol. The maximum atomic E-state index is 5.42. The summed E-state index contributed by atoms with van der Waals surface area (Å²) in [5, 5.41) is 2.30. The molecule has 0 amide bonds. The molecule has 7 nitrogen and oxygen atoms in total. The van der Waals surface area contributed by atoms with Crippen molar-refractivity contribution in [2.45, 2.75) is 52.4 Å². The molecule has 7 heteroatoms. The van der Waals surface area contributed by atoms with Gasteiger partial charge in [0, 0.05) is 50.5 Å². The topological polar surface area (TPSA) is 63.0 Å². The van der Waals surface area contributed by atoms with Crippen molar-refractivity contribution >= 4 is 44.6 Å². The first-order valence-electron chi connectivity index (χ1n) is 24.8. The molecule has 12 rings (SSSR count). The van der Waals surface area contributed by atoms with Gasteiger partial charge in [0.2, 0.25) is 0 Å². The van der Waals surface area contributed by atoms with Crippen molar-refractivity contribution in [1.82, 2.24) is 24.5 Å². The zero-order chi connectivity index (χ0) is 49.1. The number of anilines is 4. The molecule has 0 aliphatic carbocycles. The largest absolute Gasteiger partial charge is 0.321 e. The standard InChI is InChI=1S/C65H55N7/c1-64(2,3)48-35-36-66-59(41-48)72-55-30-17-16-27-53(55)54-34-33-46(39-58(54)72)62-67-61(45-25-14-9-15-26-45)68-63(69-62)47-37-49(65(4,5)6)40-50(38-47)70-42-71(57-32-19-18-31-56(57)70)60-51(43-21-10-7-11-22-43)28-20-29-52(60)44-23-12-8-13-24-44/h7-41H,42H2,1-6H3. The summed E-state index contributed by atoms with van der Waals surface area (Å²) in [5.41, 5.74) is 16.2. The van der Waals surface area contributed by atoms with E-state index in [1.54, 1.807) is 0 Å². The number of fused-ring (bicyclic) bond motifs is 4. The van der Waals surface area contributed by atoms with Crippen molar-refractivity contribution in [2.75, 3.05) is 16.5 Å². The lowest BCUT2D eigenvalue weighted by molar-refractivity contribution is 0.588. The average molecular weight is 934 g/mol. The molecule has 0 spiro atoms. The Morgan fingerprint density at radius 2 is 0.931 bits per heavy atom. The van der Waals surface area contributed by atoms with Crippen LogP contribution >= 0.6 is 0 Å². The molecule has 0 unspecified atom stereocenters. The average Bonchev–Trinajstić information content (AvgIpc) is 3.97. The summed E-state index contributed by atoms with van der Waals surface area (Å²) in [7, 11) is 0. The minimum absolute atomic E-state index is 0.0435. The van der Waals surface area contributed by atoms with Crippen LogP contribution in [0.25, 0.3) is 84.0 Å². The van der Waals surface area contributed by atoms with E-state index in [0.717, 1.165) is 61.4 Å². The van der Waals surface area contributed by atoms with Crippen molar-refractivity contribution in [1.29, 1.82) is 0 Å². The number of aromatic nitrogens is 5. The molecule has 0 saturated carbocycles. The van der Waals surface area contributed by atoms with Gasteiger partial charge in [-0.2, -0.15) is 0 Å². The Morgan fingerprint density at radius 3 is 1.57 bits per heavy atom. The number of hydrogen-bond donors (Lipinski definition) is 0. The van der Waals surface area contributed by atoms with Gasteiger partial charge in [-0.1, -0.05) is 193 Å². The Morgan fingerprint density at radius 1 is 0.389 bits per heavy atom. The van der Waals surface area contributed by atoms with Gasteiger partial charge < -0.3 is 9.80 Å². The van der Waals surface area contributed by atoms with Crippen LogP contribution in [0.5, 0.6) is 0 Å². The molecule has 11 aromatic rings. The van der Waals surface area contributed by atoms with Gasteiger partial charge in [0.25, 0.3) is 0 Å². The zero-order valence-electron chi connectivity index (χ0n) is 41.5. The fourth-order valence-electron chi connectivity index (χ4n) is 10.2. The second-order valence-corrected chi connectivity index (χ2v) is 20.8. The van der Waals surface area contributed by atoms with E-state index in [0.29, 0.717) is 24.1 Å². The van der Waals surface area contributed by atoms with Crippen molar-refractivity contribution < 1.29 is 0 Å². The highest BCUT2D eigenvalue weighted by atomic mass is 15.4. The normalized spacial score (nSPS) is 12.8. The number of pyridine rings is 1. The lowest BCUT2D eigenvalue weighted by Gasteiger charge is -2.28. The van der Waals surface area contributed by atoms with Gasteiger partial charge in [-0.3, -0.25) is 4.57 Å². The van der Waals surface area contributed by atoms with Crippen LogP contribution in [-0.4, -0.2) is 31.2 Å². The maximum absolute atomic E-state index is 5.42. The van der Waals surface area contributed by atoms with Gasteiger partial charge >= 0.3 is 0 Å². The highest BCUT2D eigenvalue weighted by Gasteiger charge is 2.32. The summed E-state index contributed by atoms with van der Waals surface area (Å²) >= 11 is 0. The van der Waals surface area contributed by atoms with E-state index in [1.807, 2.05) is 24.4 Å².